The SMILES string of the molecule is CN(C)c1ccc(Cc2nccn2Cc2ccc(CN)cc2)cc1. The second-order valence-electron chi connectivity index (χ2n) is 6.23. The summed E-state index contributed by atoms with van der Waals surface area (Å²) in [6.45, 7) is 1.41. The van der Waals surface area contributed by atoms with Crippen molar-refractivity contribution in [3.05, 3.63) is 83.4 Å². The summed E-state index contributed by atoms with van der Waals surface area (Å²) in [5.41, 5.74) is 10.6. The van der Waals surface area contributed by atoms with E-state index < -0.39 is 0 Å². The third kappa shape index (κ3) is 3.84. The summed E-state index contributed by atoms with van der Waals surface area (Å²) in [5.74, 6) is 1.08. The van der Waals surface area contributed by atoms with Crippen molar-refractivity contribution >= 4 is 5.69 Å². The number of benzene rings is 2. The highest BCUT2D eigenvalue weighted by Crippen LogP contribution is 2.16. The largest absolute Gasteiger partial charge is 0.378 e. The molecule has 0 atom stereocenters. The van der Waals surface area contributed by atoms with Crippen LogP contribution >= 0.6 is 0 Å². The van der Waals surface area contributed by atoms with Crippen molar-refractivity contribution < 1.29 is 0 Å². The van der Waals surface area contributed by atoms with Crippen LogP contribution < -0.4 is 10.6 Å². The van der Waals surface area contributed by atoms with Gasteiger partial charge in [0, 0.05) is 51.7 Å². The zero-order valence-electron chi connectivity index (χ0n) is 14.3. The first-order valence-corrected chi connectivity index (χ1v) is 8.20. The van der Waals surface area contributed by atoms with E-state index in [1.165, 1.54) is 16.8 Å². The van der Waals surface area contributed by atoms with E-state index >= 15 is 0 Å². The van der Waals surface area contributed by atoms with E-state index in [2.05, 4.69) is 77.1 Å². The molecule has 0 saturated heterocycles. The van der Waals surface area contributed by atoms with Crippen LogP contribution in [0, 0.1) is 0 Å². The first kappa shape index (κ1) is 16.3. The minimum absolute atomic E-state index is 0.583. The van der Waals surface area contributed by atoms with Crippen LogP contribution in [0.1, 0.15) is 22.5 Å². The first-order valence-electron chi connectivity index (χ1n) is 8.20. The fourth-order valence-corrected chi connectivity index (χ4v) is 2.72. The van der Waals surface area contributed by atoms with E-state index in [-0.39, 0.29) is 0 Å². The van der Waals surface area contributed by atoms with Crippen molar-refractivity contribution in [2.24, 2.45) is 5.73 Å². The molecule has 4 nitrogen and oxygen atoms in total. The predicted molar refractivity (Wildman–Crippen MR) is 99.2 cm³/mol. The van der Waals surface area contributed by atoms with Crippen molar-refractivity contribution in [3.63, 3.8) is 0 Å². The maximum Gasteiger partial charge on any atom is 0.113 e. The van der Waals surface area contributed by atoms with Crippen LogP contribution in [0.4, 0.5) is 5.69 Å². The molecule has 0 radical (unpaired) electrons. The molecule has 1 aromatic heterocycles. The standard InChI is InChI=1S/C20H24N4/c1-23(2)19-9-7-16(8-10-19)13-20-22-11-12-24(20)15-18-5-3-17(14-21)4-6-18/h3-12H,13-15,21H2,1-2H3. The first-order chi connectivity index (χ1) is 11.7. The van der Waals surface area contributed by atoms with Crippen LogP contribution in [0.25, 0.3) is 0 Å². The Balaban J connectivity index is 1.72. The Morgan fingerprint density at radius 1 is 0.917 bits per heavy atom. The Labute approximate surface area is 143 Å². The van der Waals surface area contributed by atoms with Gasteiger partial charge in [0.1, 0.15) is 5.82 Å². The third-order valence-electron chi connectivity index (χ3n) is 4.23. The molecule has 4 heteroatoms. The molecule has 0 unspecified atom stereocenters. The van der Waals surface area contributed by atoms with Crippen molar-refractivity contribution in [3.8, 4) is 0 Å². The van der Waals surface area contributed by atoms with Gasteiger partial charge in [0.25, 0.3) is 0 Å². The van der Waals surface area contributed by atoms with Gasteiger partial charge in [-0.25, -0.2) is 4.98 Å². The lowest BCUT2D eigenvalue weighted by molar-refractivity contribution is 0.740. The van der Waals surface area contributed by atoms with E-state index in [1.54, 1.807) is 0 Å². The van der Waals surface area contributed by atoms with Crippen molar-refractivity contribution in [1.29, 1.82) is 0 Å². The molecule has 3 rings (SSSR count). The van der Waals surface area contributed by atoms with Crippen LogP contribution in [0.3, 0.4) is 0 Å². The molecule has 1 heterocycles. The number of nitrogens with two attached hydrogens (primary N) is 1. The minimum atomic E-state index is 0.583. The fourth-order valence-electron chi connectivity index (χ4n) is 2.72. The van der Waals surface area contributed by atoms with E-state index in [9.17, 15) is 0 Å². The fraction of sp³-hybridized carbons (Fsp3) is 0.250. The summed E-state index contributed by atoms with van der Waals surface area (Å²) >= 11 is 0. The molecule has 0 aliphatic carbocycles. The van der Waals surface area contributed by atoms with Crippen LogP contribution in [0.2, 0.25) is 0 Å². The summed E-state index contributed by atoms with van der Waals surface area (Å²) < 4.78 is 2.21. The number of hydrogen-bond acceptors (Lipinski definition) is 3. The molecule has 0 spiro atoms. The maximum absolute atomic E-state index is 5.66. The third-order valence-corrected chi connectivity index (χ3v) is 4.23. The predicted octanol–water partition coefficient (Wildman–Crippen LogP) is 3.05. The quantitative estimate of drug-likeness (QED) is 0.759. The Kier molecular flexibility index (Phi) is 4.96. The van der Waals surface area contributed by atoms with Gasteiger partial charge in [-0.05, 0) is 28.8 Å². The number of anilines is 1. The molecule has 0 aliphatic heterocycles. The van der Waals surface area contributed by atoms with Gasteiger partial charge >= 0.3 is 0 Å². The monoisotopic (exact) mass is 320 g/mol. The second kappa shape index (κ2) is 7.32. The maximum atomic E-state index is 5.66. The van der Waals surface area contributed by atoms with Crippen molar-refractivity contribution in [2.75, 3.05) is 19.0 Å². The Morgan fingerprint density at radius 3 is 2.17 bits per heavy atom. The number of nitrogens with zero attached hydrogens (tertiary/aromatic N) is 3. The van der Waals surface area contributed by atoms with Gasteiger partial charge in [-0.1, -0.05) is 36.4 Å². The Bertz CT molecular complexity index is 770. The number of hydrogen-bond donors (Lipinski definition) is 1. The lowest BCUT2D eigenvalue weighted by Crippen LogP contribution is -2.08. The second-order valence-corrected chi connectivity index (χ2v) is 6.23. The van der Waals surface area contributed by atoms with Crippen LogP contribution in [-0.2, 0) is 19.5 Å². The van der Waals surface area contributed by atoms with Gasteiger partial charge in [0.15, 0.2) is 0 Å². The summed E-state index contributed by atoms with van der Waals surface area (Å²) in [4.78, 5) is 6.64. The lowest BCUT2D eigenvalue weighted by atomic mass is 10.1. The molecule has 2 aromatic carbocycles. The molecule has 24 heavy (non-hydrogen) atoms. The minimum Gasteiger partial charge on any atom is -0.378 e. The number of aromatic nitrogens is 2. The molecule has 0 amide bonds. The van der Waals surface area contributed by atoms with Gasteiger partial charge in [0.2, 0.25) is 0 Å². The molecule has 124 valence electrons. The van der Waals surface area contributed by atoms with E-state index in [0.29, 0.717) is 6.54 Å². The van der Waals surface area contributed by atoms with E-state index in [4.69, 9.17) is 5.73 Å². The van der Waals surface area contributed by atoms with E-state index in [0.717, 1.165) is 24.4 Å². The molecule has 0 aliphatic rings. The van der Waals surface area contributed by atoms with Crippen molar-refractivity contribution in [2.45, 2.75) is 19.5 Å². The van der Waals surface area contributed by atoms with Gasteiger partial charge in [-0.3, -0.25) is 0 Å². The van der Waals surface area contributed by atoms with Crippen LogP contribution in [0.5, 0.6) is 0 Å². The summed E-state index contributed by atoms with van der Waals surface area (Å²) in [6.07, 6.45) is 4.75. The Hall–Kier alpha value is -2.59. The summed E-state index contributed by atoms with van der Waals surface area (Å²) in [6, 6.07) is 17.1. The average Bonchev–Trinajstić information content (AvgIpc) is 3.03. The normalized spacial score (nSPS) is 10.8. The highest BCUT2D eigenvalue weighted by Gasteiger charge is 2.06. The van der Waals surface area contributed by atoms with Gasteiger partial charge in [-0.2, -0.15) is 0 Å². The van der Waals surface area contributed by atoms with Gasteiger partial charge < -0.3 is 15.2 Å². The highest BCUT2D eigenvalue weighted by molar-refractivity contribution is 5.46. The molecular weight excluding hydrogens is 296 g/mol. The van der Waals surface area contributed by atoms with Gasteiger partial charge in [-0.15, -0.1) is 0 Å². The number of rotatable bonds is 6. The number of imidazole rings is 1. The molecule has 0 bridgehead atoms. The zero-order chi connectivity index (χ0) is 16.9. The van der Waals surface area contributed by atoms with Gasteiger partial charge in [0.05, 0.1) is 0 Å². The summed E-state index contributed by atoms with van der Waals surface area (Å²) in [7, 11) is 4.11. The molecule has 0 fully saturated rings. The van der Waals surface area contributed by atoms with Crippen molar-refractivity contribution in [1.82, 2.24) is 9.55 Å². The zero-order valence-corrected chi connectivity index (χ0v) is 14.3. The summed E-state index contributed by atoms with van der Waals surface area (Å²) in [5, 5.41) is 0. The van der Waals surface area contributed by atoms with Crippen LogP contribution in [0.15, 0.2) is 60.9 Å². The highest BCUT2D eigenvalue weighted by atomic mass is 15.1. The van der Waals surface area contributed by atoms with E-state index in [1.807, 2.05) is 12.4 Å². The Morgan fingerprint density at radius 2 is 1.54 bits per heavy atom. The molecular formula is C20H24N4. The topological polar surface area (TPSA) is 47.1 Å². The average molecular weight is 320 g/mol. The molecule has 0 saturated carbocycles. The smallest absolute Gasteiger partial charge is 0.113 e. The molecule has 3 aromatic rings. The van der Waals surface area contributed by atoms with Crippen LogP contribution in [-0.4, -0.2) is 23.6 Å². The molecule has 2 N–H and O–H groups in total. The lowest BCUT2D eigenvalue weighted by Gasteiger charge is -2.13.